The minimum atomic E-state index is -3.09. The van der Waals surface area contributed by atoms with Crippen LogP contribution in [0.15, 0.2) is 288 Å². The van der Waals surface area contributed by atoms with Crippen LogP contribution in [-0.2, 0) is 89.1 Å². The van der Waals surface area contributed by atoms with Crippen LogP contribution in [0.4, 0.5) is 0 Å². The number of aryl methyl sites for hydroxylation is 2. The van der Waals surface area contributed by atoms with Crippen molar-refractivity contribution in [1.29, 1.82) is 0 Å². The number of hydrogen-bond donors (Lipinski definition) is 1. The number of aromatic amines is 1. The number of hydrogen-bond acceptors (Lipinski definition) is 13. The third-order valence-electron chi connectivity index (χ3n) is 23.1. The van der Waals surface area contributed by atoms with Crippen LogP contribution < -0.4 is 0 Å². The van der Waals surface area contributed by atoms with E-state index in [4.69, 9.17) is 0 Å². The maximum atomic E-state index is 11.7. The molecule has 12 rings (SSSR count). The molecule has 0 fully saturated rings. The van der Waals surface area contributed by atoms with Crippen molar-refractivity contribution < 1.29 is 44.4 Å². The van der Waals surface area contributed by atoms with Crippen molar-refractivity contribution in [2.45, 2.75) is 351 Å². The quantitative estimate of drug-likeness (QED) is 0.133. The summed E-state index contributed by atoms with van der Waals surface area (Å²) in [5.74, 6) is 1.31. The molecule has 1 aromatic heterocycles. The molecule has 1 N–H and O–H groups in total. The molecule has 1 heterocycles. The Morgan fingerprint density at radius 3 is 0.739 bits per heavy atom. The Labute approximate surface area is 860 Å². The lowest BCUT2D eigenvalue weighted by molar-refractivity contribution is 0.100. The van der Waals surface area contributed by atoms with E-state index in [2.05, 4.69) is 366 Å². The van der Waals surface area contributed by atoms with Crippen molar-refractivity contribution in [3.05, 3.63) is 368 Å². The van der Waals surface area contributed by atoms with Gasteiger partial charge in [-0.05, 0) is 222 Å². The van der Waals surface area contributed by atoms with Gasteiger partial charge < -0.3 is 0 Å². The summed E-state index contributed by atoms with van der Waals surface area (Å²) in [6.45, 7) is 83.4. The van der Waals surface area contributed by atoms with Crippen LogP contribution in [0.1, 0.15) is 377 Å². The zero-order valence-electron chi connectivity index (χ0n) is 94.3. The van der Waals surface area contributed by atoms with E-state index < -0.39 is 29.5 Å². The second-order valence-electron chi connectivity index (χ2n) is 47.7. The Hall–Kier alpha value is -11.0. The van der Waals surface area contributed by atoms with E-state index in [1.807, 2.05) is 121 Å². The van der Waals surface area contributed by atoms with Crippen molar-refractivity contribution in [3.63, 3.8) is 0 Å². The van der Waals surface area contributed by atoms with Gasteiger partial charge in [-0.1, -0.05) is 465 Å². The van der Waals surface area contributed by atoms with Crippen LogP contribution in [0.5, 0.6) is 0 Å². The topological polar surface area (TPSA) is 225 Å². The van der Waals surface area contributed by atoms with Crippen LogP contribution in [0, 0.1) is 13.8 Å². The molecule has 772 valence electrons. The van der Waals surface area contributed by atoms with Crippen LogP contribution in [-0.4, -0.2) is 87.3 Å². The summed E-state index contributed by atoms with van der Waals surface area (Å²) in [4.78, 5) is 45.5. The molecule has 0 saturated heterocycles. The average Bonchev–Trinajstić information content (AvgIpc) is 1.09. The first-order valence-corrected chi connectivity index (χ1v) is 54.4. The highest BCUT2D eigenvalue weighted by molar-refractivity contribution is 7.91. The maximum Gasteiger partial charge on any atom is 0.204 e. The summed E-state index contributed by atoms with van der Waals surface area (Å²) in [6, 6.07) is 89.0. The Morgan fingerprint density at radius 1 is 0.246 bits per heavy atom. The van der Waals surface area contributed by atoms with Gasteiger partial charge in [-0.25, -0.2) is 25.3 Å². The molecule has 0 amide bonds. The van der Waals surface area contributed by atoms with Crippen molar-refractivity contribution in [2.24, 2.45) is 0 Å². The molecule has 0 saturated carbocycles. The van der Waals surface area contributed by atoms with Gasteiger partial charge in [0.15, 0.2) is 52.6 Å². The monoisotopic (exact) mass is 1990 g/mol. The van der Waals surface area contributed by atoms with Crippen molar-refractivity contribution in [1.82, 2.24) is 20.6 Å². The highest BCUT2D eigenvalue weighted by atomic mass is 32.2. The Balaban J connectivity index is 0.000000529. The third-order valence-corrected chi connectivity index (χ3v) is 27.0. The van der Waals surface area contributed by atoms with Crippen LogP contribution in [0.3, 0.4) is 0 Å². The zero-order chi connectivity index (χ0) is 109. The van der Waals surface area contributed by atoms with Gasteiger partial charge in [0.25, 0.3) is 0 Å². The van der Waals surface area contributed by atoms with Gasteiger partial charge in [0.05, 0.1) is 20.4 Å². The smallest absolute Gasteiger partial charge is 0.204 e. The number of nitrogens with one attached hydrogen (secondary N) is 1. The van der Waals surface area contributed by atoms with Gasteiger partial charge >= 0.3 is 0 Å². The SMILES string of the molecule is CC(=O)c1ccc(C(C)(C)C)cc1.CC(=O)c1ccc(C(C)(C)C)cc1.CC(=O)c1cccc(C(C)(C)C)c1.CC(=O)c1cccc(C(C)(C)C)c1.CC(C)(C)c1cccc(-c2nn[nH]n2)c1.CC(C)(C)c1cccc(S(C)(=O)=O)c1.CC(C)(C)c1cccc(S(C)(=O)=O)c1.CC(C)(C)c1ccccc1.CCS(=O)(=O)c1cccc(C(C)(C)C)c1.Cc1ccc(C(C)(C)C)cc1.Cc1cccc(C(C)(C)C)c1. The Morgan fingerprint density at radius 2 is 0.486 bits per heavy atom. The molecule has 12 aromatic rings. The van der Waals surface area contributed by atoms with Gasteiger partial charge in [0.1, 0.15) is 0 Å². The summed E-state index contributed by atoms with van der Waals surface area (Å²) in [5, 5.41) is 13.9. The van der Waals surface area contributed by atoms with Crippen molar-refractivity contribution >= 4 is 52.6 Å². The molecule has 0 bridgehead atoms. The lowest BCUT2D eigenvalue weighted by Crippen LogP contribution is -2.12. The number of sulfone groups is 3. The molecule has 0 aliphatic carbocycles. The maximum absolute atomic E-state index is 11.7. The van der Waals surface area contributed by atoms with Crippen molar-refractivity contribution in [2.75, 3.05) is 18.3 Å². The fourth-order valence-electron chi connectivity index (χ4n) is 13.0. The number of aromatic nitrogens is 4. The number of tetrazole rings is 1. The first-order valence-electron chi connectivity index (χ1n) is 49.0. The molecule has 11 aromatic carbocycles. The molecule has 14 nitrogen and oxygen atoms in total. The van der Waals surface area contributed by atoms with Crippen LogP contribution in [0.25, 0.3) is 11.4 Å². The zero-order valence-corrected chi connectivity index (χ0v) is 96.8. The highest BCUT2D eigenvalue weighted by Gasteiger charge is 2.24. The van der Waals surface area contributed by atoms with Crippen molar-refractivity contribution in [3.8, 4) is 11.4 Å². The van der Waals surface area contributed by atoms with Crippen LogP contribution in [0.2, 0.25) is 0 Å². The molecule has 0 aliphatic rings. The molecule has 0 radical (unpaired) electrons. The predicted octanol–water partition coefficient (Wildman–Crippen LogP) is 32.0. The van der Waals surface area contributed by atoms with Gasteiger partial charge in [-0.15, -0.1) is 10.2 Å². The molecule has 142 heavy (non-hydrogen) atoms. The molecule has 0 aliphatic heterocycles. The van der Waals surface area contributed by atoms with E-state index >= 15 is 0 Å². The van der Waals surface area contributed by atoms with E-state index in [0.29, 0.717) is 25.9 Å². The second kappa shape index (κ2) is 53.6. The van der Waals surface area contributed by atoms with E-state index in [0.717, 1.165) is 44.5 Å². The number of Topliss-reactive ketones (excluding diaryl/α,β-unsaturated/α-hetero) is 4. The van der Waals surface area contributed by atoms with Gasteiger partial charge in [0, 0.05) is 40.3 Å². The van der Waals surface area contributed by atoms with Crippen LogP contribution >= 0.6 is 0 Å². The lowest BCUT2D eigenvalue weighted by Gasteiger charge is -2.19. The predicted molar refractivity (Wildman–Crippen MR) is 603 cm³/mol. The number of ketones is 4. The van der Waals surface area contributed by atoms with Gasteiger partial charge in [-0.2, -0.15) is 5.21 Å². The Kier molecular flexibility index (Phi) is 47.9. The summed E-state index contributed by atoms with van der Waals surface area (Å²) in [6.07, 6.45) is 2.46. The first-order chi connectivity index (χ1) is 64.5. The number of carbonyl (C=O) groups is 4. The van der Waals surface area contributed by atoms with E-state index in [1.165, 1.54) is 68.1 Å². The van der Waals surface area contributed by atoms with E-state index in [1.54, 1.807) is 83.1 Å². The van der Waals surface area contributed by atoms with E-state index in [9.17, 15) is 44.4 Å². The fourth-order valence-corrected chi connectivity index (χ4v) is 15.3. The lowest BCUT2D eigenvalue weighted by atomic mass is 9.86. The second-order valence-corrected chi connectivity index (χ2v) is 54.0. The minimum absolute atomic E-state index is 0.0132. The highest BCUT2D eigenvalue weighted by Crippen LogP contribution is 2.33. The summed E-state index contributed by atoms with van der Waals surface area (Å²) in [7, 11) is -9.25. The number of carbonyl (C=O) groups excluding carboxylic acids is 4. The summed E-state index contributed by atoms with van der Waals surface area (Å²) in [5.41, 5.74) is 21.9. The number of benzene rings is 11. The number of nitrogens with zero attached hydrogens (tertiary/aromatic N) is 3. The summed E-state index contributed by atoms with van der Waals surface area (Å²) >= 11 is 0. The van der Waals surface area contributed by atoms with Gasteiger partial charge in [0.2, 0.25) is 5.82 Å². The third kappa shape index (κ3) is 47.5. The standard InChI is InChI=1S/C12H18O2S.4C12H16O.C11H14N4.2C11H16O2S.2C11H16.C10H14/c1-5-15(13,14)11-8-6-7-10(9-11)12(2,3)4;2*1-9(13)10-5-7-11(8-6-10)12(2,3)4;2*1-9(13)10-6-5-7-11(8-10)12(2,3)4;1-11(2,3)9-6-4-5-8(7-9)10-12-14-15-13-10;2*1-11(2,3)9-6-5-7-10(8-9)14(4,12)13;1-9-5-7-10(8-6-9)11(2,3)4;1-9-6-5-7-10(8-9)11(2,3)4;1-10(2,3)9-7-5-4-6-8-9/h6-9H,5H2,1-4H3;4*5-8H,1-4H3;4-7H,1-3H3,(H,12,13,14,15);2*5-8H,1-4H3;2*5-8H,1-4H3;4-8H,1-3H3. The number of rotatable bonds is 9. The molecular weight excluding hydrogens is 1810 g/mol. The van der Waals surface area contributed by atoms with Gasteiger partial charge in [-0.3, -0.25) is 19.2 Å². The first kappa shape index (κ1) is 127. The van der Waals surface area contributed by atoms with E-state index in [-0.39, 0.29) is 83.0 Å². The minimum Gasteiger partial charge on any atom is -0.295 e. The molecular formula is C125H174N4O10S3. The molecule has 0 atom stereocenters. The average molecular weight is 1990 g/mol. The molecule has 0 unspecified atom stereocenters. The fraction of sp³-hybridized carbons (Fsp3) is 0.432. The molecule has 0 spiro atoms. The summed E-state index contributed by atoms with van der Waals surface area (Å²) < 4.78 is 68.6. The number of H-pyrrole nitrogens is 1. The Bertz CT molecular complexity index is 6090. The largest absolute Gasteiger partial charge is 0.295 e. The molecule has 17 heteroatoms. The normalized spacial score (nSPS) is 11.9.